The van der Waals surface area contributed by atoms with Crippen molar-refractivity contribution in [2.24, 2.45) is 17.3 Å². The fourth-order valence-corrected chi connectivity index (χ4v) is 6.65. The summed E-state index contributed by atoms with van der Waals surface area (Å²) in [5.74, 6) is -1.31. The number of nitrogens with one attached hydrogen (secondary N) is 1. The summed E-state index contributed by atoms with van der Waals surface area (Å²) in [6.45, 7) is 6.85. The zero-order chi connectivity index (χ0) is 26.2. The summed E-state index contributed by atoms with van der Waals surface area (Å²) < 4.78 is 5.50. The Morgan fingerprint density at radius 2 is 1.76 bits per heavy atom. The van der Waals surface area contributed by atoms with Gasteiger partial charge in [-0.05, 0) is 47.6 Å². The molecule has 6 heteroatoms. The van der Waals surface area contributed by atoms with Crippen LogP contribution in [0.3, 0.4) is 0 Å². The number of hydrogen-bond acceptors (Lipinski definition) is 4. The van der Waals surface area contributed by atoms with E-state index < -0.39 is 12.0 Å². The summed E-state index contributed by atoms with van der Waals surface area (Å²) in [6.07, 6.45) is 6.56. The van der Waals surface area contributed by atoms with Crippen LogP contribution in [0.4, 0.5) is 0 Å². The Morgan fingerprint density at radius 3 is 2.43 bits per heavy atom. The molecule has 1 aromatic heterocycles. The van der Waals surface area contributed by atoms with Crippen LogP contribution < -0.4 is 5.32 Å². The molecule has 1 saturated carbocycles. The summed E-state index contributed by atoms with van der Waals surface area (Å²) in [4.78, 5) is 28.8. The first kappa shape index (κ1) is 25.5. The predicted molar refractivity (Wildman–Crippen MR) is 144 cm³/mol. The van der Waals surface area contributed by atoms with Crippen molar-refractivity contribution in [3.63, 3.8) is 0 Å². The standard InChI is InChI=1S/C31H38N2O4/c1-31(2,3)25-26(32-19-20-14-15-24-23(18-20)16-17-37-24)27(21-10-6-4-7-11-21)33(28(25)30(35)36)29(34)22-12-8-5-9-13-22/h4,6-7,10-11,14-18,22,25-28,32H,5,8-9,12-13,19H2,1-3H3,(H,35,36)/t25-,26-,27-,28-/m0/s1. The third-order valence-corrected chi connectivity index (χ3v) is 8.33. The topological polar surface area (TPSA) is 82.8 Å². The highest BCUT2D eigenvalue weighted by Gasteiger charge is 2.58. The lowest BCUT2D eigenvalue weighted by molar-refractivity contribution is -0.154. The Hall–Kier alpha value is -3.12. The smallest absolute Gasteiger partial charge is 0.326 e. The van der Waals surface area contributed by atoms with E-state index in [1.54, 1.807) is 11.2 Å². The number of likely N-dealkylation sites (tertiary alicyclic amines) is 1. The molecule has 2 N–H and O–H groups in total. The molecule has 1 aliphatic carbocycles. The van der Waals surface area contributed by atoms with Crippen LogP contribution in [0.1, 0.15) is 70.0 Å². The predicted octanol–water partition coefficient (Wildman–Crippen LogP) is 6.17. The van der Waals surface area contributed by atoms with Crippen molar-refractivity contribution in [1.82, 2.24) is 10.2 Å². The van der Waals surface area contributed by atoms with E-state index in [9.17, 15) is 14.7 Å². The van der Waals surface area contributed by atoms with Gasteiger partial charge in [0.2, 0.25) is 5.91 Å². The molecule has 1 saturated heterocycles. The van der Waals surface area contributed by atoms with E-state index in [1.165, 1.54) is 0 Å². The van der Waals surface area contributed by atoms with E-state index in [4.69, 9.17) is 4.42 Å². The molecule has 1 amide bonds. The van der Waals surface area contributed by atoms with Crippen LogP contribution in [-0.4, -0.2) is 34.0 Å². The highest BCUT2D eigenvalue weighted by atomic mass is 16.4. The molecule has 2 fully saturated rings. The number of nitrogens with zero attached hydrogens (tertiary/aromatic N) is 1. The van der Waals surface area contributed by atoms with E-state index in [1.807, 2.05) is 48.5 Å². The minimum absolute atomic E-state index is 0.000630. The van der Waals surface area contributed by atoms with Gasteiger partial charge in [-0.2, -0.15) is 0 Å². The number of carbonyl (C=O) groups excluding carboxylic acids is 1. The van der Waals surface area contributed by atoms with Crippen LogP contribution in [0, 0.1) is 17.3 Å². The third kappa shape index (κ3) is 5.04. The lowest BCUT2D eigenvalue weighted by Gasteiger charge is -2.36. The number of fused-ring (bicyclic) bond motifs is 1. The number of furan rings is 1. The molecule has 2 heterocycles. The number of benzene rings is 2. The van der Waals surface area contributed by atoms with Crippen LogP contribution in [0.5, 0.6) is 0 Å². The Morgan fingerprint density at radius 1 is 1.03 bits per heavy atom. The molecule has 3 aromatic rings. The van der Waals surface area contributed by atoms with Crippen molar-refractivity contribution < 1.29 is 19.1 Å². The number of aliphatic carboxylic acids is 1. The lowest BCUT2D eigenvalue weighted by atomic mass is 9.72. The Labute approximate surface area is 219 Å². The second-order valence-electron chi connectivity index (χ2n) is 11.8. The maximum Gasteiger partial charge on any atom is 0.326 e. The summed E-state index contributed by atoms with van der Waals surface area (Å²) in [5, 5.41) is 15.4. The van der Waals surface area contributed by atoms with Crippen LogP contribution in [0.15, 0.2) is 65.3 Å². The van der Waals surface area contributed by atoms with Gasteiger partial charge in [0, 0.05) is 29.8 Å². The van der Waals surface area contributed by atoms with Crippen molar-refractivity contribution >= 4 is 22.8 Å². The Balaban J connectivity index is 1.56. The van der Waals surface area contributed by atoms with Crippen molar-refractivity contribution in [2.45, 2.75) is 77.5 Å². The molecule has 37 heavy (non-hydrogen) atoms. The van der Waals surface area contributed by atoms with Crippen molar-refractivity contribution in [3.8, 4) is 0 Å². The first-order chi connectivity index (χ1) is 17.8. The normalized spacial score (nSPS) is 25.0. The van der Waals surface area contributed by atoms with Gasteiger partial charge in [-0.15, -0.1) is 0 Å². The molecule has 0 radical (unpaired) electrons. The number of rotatable bonds is 6. The van der Waals surface area contributed by atoms with Gasteiger partial charge < -0.3 is 19.7 Å². The van der Waals surface area contributed by atoms with Crippen LogP contribution in [0.25, 0.3) is 11.0 Å². The maximum atomic E-state index is 14.1. The fourth-order valence-electron chi connectivity index (χ4n) is 6.65. The highest BCUT2D eigenvalue weighted by molar-refractivity contribution is 5.87. The third-order valence-electron chi connectivity index (χ3n) is 8.33. The fraction of sp³-hybridized carbons (Fsp3) is 0.484. The van der Waals surface area contributed by atoms with Gasteiger partial charge in [0.05, 0.1) is 12.3 Å². The zero-order valence-electron chi connectivity index (χ0n) is 22.0. The molecule has 1 aliphatic heterocycles. The molecule has 0 spiro atoms. The molecule has 2 aliphatic rings. The van der Waals surface area contributed by atoms with Gasteiger partial charge in [-0.25, -0.2) is 4.79 Å². The first-order valence-electron chi connectivity index (χ1n) is 13.5. The molecular formula is C31H38N2O4. The van der Waals surface area contributed by atoms with Crippen LogP contribution in [-0.2, 0) is 16.1 Å². The van der Waals surface area contributed by atoms with Crippen molar-refractivity contribution in [2.75, 3.05) is 0 Å². The molecule has 196 valence electrons. The molecule has 0 bridgehead atoms. The summed E-state index contributed by atoms with van der Waals surface area (Å²) in [5.41, 5.74) is 2.57. The summed E-state index contributed by atoms with van der Waals surface area (Å²) >= 11 is 0. The highest BCUT2D eigenvalue weighted by Crippen LogP contribution is 2.49. The zero-order valence-corrected chi connectivity index (χ0v) is 22.0. The van der Waals surface area contributed by atoms with E-state index in [-0.39, 0.29) is 35.2 Å². The van der Waals surface area contributed by atoms with Crippen LogP contribution >= 0.6 is 0 Å². The number of carboxylic acids is 1. The van der Waals surface area contributed by atoms with Gasteiger partial charge >= 0.3 is 5.97 Å². The maximum absolute atomic E-state index is 14.1. The second kappa shape index (κ2) is 10.3. The number of amides is 1. The number of carbonyl (C=O) groups is 2. The molecule has 0 unspecified atom stereocenters. The molecule has 5 rings (SSSR count). The van der Waals surface area contributed by atoms with Gasteiger partial charge in [0.15, 0.2) is 0 Å². The lowest BCUT2D eigenvalue weighted by Crippen LogP contribution is -2.49. The van der Waals surface area contributed by atoms with Gasteiger partial charge in [0.1, 0.15) is 11.6 Å². The Bertz CT molecular complexity index is 1240. The van der Waals surface area contributed by atoms with E-state index in [2.05, 4.69) is 32.2 Å². The largest absolute Gasteiger partial charge is 0.480 e. The summed E-state index contributed by atoms with van der Waals surface area (Å²) in [7, 11) is 0. The van der Waals surface area contributed by atoms with Gasteiger partial charge in [-0.1, -0.05) is 76.4 Å². The monoisotopic (exact) mass is 502 g/mol. The second-order valence-corrected chi connectivity index (χ2v) is 11.8. The SMILES string of the molecule is CC(C)(C)[C@H]1[C@H](NCc2ccc3occc3c2)[C@H](c2ccccc2)N(C(=O)C2CCCCC2)[C@@H]1C(=O)O. The van der Waals surface area contributed by atoms with Crippen LogP contribution in [0.2, 0.25) is 0 Å². The van der Waals surface area contributed by atoms with Gasteiger partial charge in [-0.3, -0.25) is 4.79 Å². The van der Waals surface area contributed by atoms with E-state index >= 15 is 0 Å². The van der Waals surface area contributed by atoms with Crippen molar-refractivity contribution in [1.29, 1.82) is 0 Å². The molecular weight excluding hydrogens is 464 g/mol. The first-order valence-corrected chi connectivity index (χ1v) is 13.5. The molecule has 2 aromatic carbocycles. The van der Waals surface area contributed by atoms with Crippen molar-refractivity contribution in [3.05, 3.63) is 72.0 Å². The van der Waals surface area contributed by atoms with Gasteiger partial charge in [0.25, 0.3) is 0 Å². The average molecular weight is 503 g/mol. The molecule has 6 nitrogen and oxygen atoms in total. The van der Waals surface area contributed by atoms with E-state index in [0.29, 0.717) is 6.54 Å². The summed E-state index contributed by atoms with van der Waals surface area (Å²) in [6, 6.07) is 16.5. The number of hydrogen-bond donors (Lipinski definition) is 2. The number of carboxylic acid groups (broad SMARTS) is 1. The minimum Gasteiger partial charge on any atom is -0.480 e. The van der Waals surface area contributed by atoms with E-state index in [0.717, 1.165) is 54.2 Å². The quantitative estimate of drug-likeness (QED) is 0.421. The Kier molecular flexibility index (Phi) is 7.13. The average Bonchev–Trinajstić information content (AvgIpc) is 3.50. The minimum atomic E-state index is -0.922. The molecule has 4 atom stereocenters.